The molecule has 0 bridgehead atoms. The molecule has 1 aromatic carbocycles. The molecule has 24 heavy (non-hydrogen) atoms. The number of carbonyl (C=O) groups is 1. The van der Waals surface area contributed by atoms with Crippen molar-refractivity contribution >= 4 is 16.1 Å². The summed E-state index contributed by atoms with van der Waals surface area (Å²) in [5.74, 6) is 0. The number of aryl methyl sites for hydroxylation is 1. The van der Waals surface area contributed by atoms with E-state index in [0.717, 1.165) is 31.5 Å². The van der Waals surface area contributed by atoms with E-state index >= 15 is 0 Å². The van der Waals surface area contributed by atoms with Crippen LogP contribution in [0.15, 0.2) is 29.2 Å². The van der Waals surface area contributed by atoms with Gasteiger partial charge in [-0.2, -0.15) is 4.31 Å². The zero-order valence-electron chi connectivity index (χ0n) is 14.1. The summed E-state index contributed by atoms with van der Waals surface area (Å²) < 4.78 is 26.9. The Kier molecular flexibility index (Phi) is 5.10. The van der Waals surface area contributed by atoms with Gasteiger partial charge in [-0.15, -0.1) is 0 Å². The Balaban J connectivity index is 1.62. The van der Waals surface area contributed by atoms with E-state index in [1.165, 1.54) is 10.7 Å². The largest absolute Gasteiger partial charge is 0.325 e. The maximum Gasteiger partial charge on any atom is 0.320 e. The lowest BCUT2D eigenvalue weighted by Crippen LogP contribution is -2.54. The Hall–Kier alpha value is -1.60. The lowest BCUT2D eigenvalue weighted by molar-refractivity contribution is 0.126. The van der Waals surface area contributed by atoms with E-state index in [9.17, 15) is 13.2 Å². The zero-order valence-corrected chi connectivity index (χ0v) is 15.0. The molecule has 0 atom stereocenters. The average Bonchev–Trinajstić information content (AvgIpc) is 2.62. The molecule has 2 fully saturated rings. The third kappa shape index (κ3) is 3.57. The molecule has 0 aliphatic carbocycles. The molecule has 2 saturated heterocycles. The van der Waals surface area contributed by atoms with Crippen molar-refractivity contribution in [2.24, 2.45) is 0 Å². The van der Waals surface area contributed by atoms with Crippen molar-refractivity contribution in [1.29, 1.82) is 0 Å². The average molecular weight is 351 g/mol. The Morgan fingerprint density at radius 1 is 0.833 bits per heavy atom. The van der Waals surface area contributed by atoms with E-state index in [1.807, 2.05) is 24.0 Å². The highest BCUT2D eigenvalue weighted by Crippen LogP contribution is 2.19. The Morgan fingerprint density at radius 2 is 1.38 bits per heavy atom. The fourth-order valence-electron chi connectivity index (χ4n) is 3.26. The van der Waals surface area contributed by atoms with Crippen molar-refractivity contribution in [3.05, 3.63) is 29.8 Å². The minimum atomic E-state index is -3.47. The molecule has 132 valence electrons. The number of nitrogens with zero attached hydrogens (tertiary/aromatic N) is 3. The third-order valence-corrected chi connectivity index (χ3v) is 6.71. The molecule has 0 saturated carbocycles. The molecule has 7 heteroatoms. The standard InChI is InChI=1S/C17H25N3O3S/c1-15-5-7-16(8-6-15)24(22,23)20-13-11-19(12-14-20)17(21)18-9-3-2-4-10-18/h5-8H,2-4,9-14H2,1H3. The van der Waals surface area contributed by atoms with Crippen LogP contribution in [0.25, 0.3) is 0 Å². The van der Waals surface area contributed by atoms with Crippen molar-refractivity contribution in [3.8, 4) is 0 Å². The highest BCUT2D eigenvalue weighted by molar-refractivity contribution is 7.89. The van der Waals surface area contributed by atoms with Crippen molar-refractivity contribution in [3.63, 3.8) is 0 Å². The molecule has 3 rings (SSSR count). The smallest absolute Gasteiger partial charge is 0.320 e. The fourth-order valence-corrected chi connectivity index (χ4v) is 4.69. The SMILES string of the molecule is Cc1ccc(S(=O)(=O)N2CCN(C(=O)N3CCCCC3)CC2)cc1. The third-order valence-electron chi connectivity index (χ3n) is 4.79. The van der Waals surface area contributed by atoms with E-state index < -0.39 is 10.0 Å². The number of rotatable bonds is 2. The maximum atomic E-state index is 12.7. The van der Waals surface area contributed by atoms with Gasteiger partial charge in [0, 0.05) is 39.3 Å². The summed E-state index contributed by atoms with van der Waals surface area (Å²) in [5, 5.41) is 0. The normalized spacial score (nSPS) is 20.2. The minimum absolute atomic E-state index is 0.0575. The Morgan fingerprint density at radius 3 is 1.96 bits per heavy atom. The second-order valence-electron chi connectivity index (χ2n) is 6.53. The molecule has 1 aromatic rings. The summed E-state index contributed by atoms with van der Waals surface area (Å²) in [6.07, 6.45) is 3.31. The summed E-state index contributed by atoms with van der Waals surface area (Å²) >= 11 is 0. The van der Waals surface area contributed by atoms with Crippen molar-refractivity contribution in [2.75, 3.05) is 39.3 Å². The minimum Gasteiger partial charge on any atom is -0.325 e. The van der Waals surface area contributed by atoms with Gasteiger partial charge in [0.15, 0.2) is 0 Å². The van der Waals surface area contributed by atoms with Crippen LogP contribution >= 0.6 is 0 Å². The molecule has 2 aliphatic rings. The first-order valence-electron chi connectivity index (χ1n) is 8.59. The van der Waals surface area contributed by atoms with Crippen LogP contribution < -0.4 is 0 Å². The zero-order chi connectivity index (χ0) is 17.2. The van der Waals surface area contributed by atoms with Gasteiger partial charge in [0.05, 0.1) is 4.90 Å². The number of hydrogen-bond donors (Lipinski definition) is 0. The van der Waals surface area contributed by atoms with Gasteiger partial charge in [-0.05, 0) is 38.3 Å². The maximum absolute atomic E-state index is 12.7. The predicted molar refractivity (Wildman–Crippen MR) is 92.3 cm³/mol. The van der Waals surface area contributed by atoms with Crippen LogP contribution in [0.4, 0.5) is 4.79 Å². The summed E-state index contributed by atoms with van der Waals surface area (Å²) in [7, 11) is -3.47. The van der Waals surface area contributed by atoms with Crippen LogP contribution in [0, 0.1) is 6.92 Å². The first kappa shape index (κ1) is 17.2. The van der Waals surface area contributed by atoms with Gasteiger partial charge in [-0.3, -0.25) is 0 Å². The monoisotopic (exact) mass is 351 g/mol. The number of hydrogen-bond acceptors (Lipinski definition) is 3. The molecular weight excluding hydrogens is 326 g/mol. The van der Waals surface area contributed by atoms with Crippen LogP contribution in [0.1, 0.15) is 24.8 Å². The van der Waals surface area contributed by atoms with E-state index in [1.54, 1.807) is 17.0 Å². The highest BCUT2D eigenvalue weighted by atomic mass is 32.2. The van der Waals surface area contributed by atoms with Crippen LogP contribution in [-0.4, -0.2) is 67.8 Å². The van der Waals surface area contributed by atoms with Gasteiger partial charge < -0.3 is 9.80 Å². The summed E-state index contributed by atoms with van der Waals surface area (Å²) in [6, 6.07) is 6.97. The number of urea groups is 1. The van der Waals surface area contributed by atoms with E-state index in [2.05, 4.69) is 0 Å². The quantitative estimate of drug-likeness (QED) is 0.818. The summed E-state index contributed by atoms with van der Waals surface area (Å²) in [4.78, 5) is 16.5. The molecule has 2 heterocycles. The molecule has 0 aromatic heterocycles. The second-order valence-corrected chi connectivity index (χ2v) is 8.47. The predicted octanol–water partition coefficient (Wildman–Crippen LogP) is 1.91. The molecule has 0 N–H and O–H groups in total. The molecule has 0 unspecified atom stereocenters. The van der Waals surface area contributed by atoms with E-state index in [-0.39, 0.29) is 6.03 Å². The van der Waals surface area contributed by atoms with Gasteiger partial charge in [0.25, 0.3) is 0 Å². The Labute approximate surface area is 144 Å². The first-order chi connectivity index (χ1) is 11.5. The van der Waals surface area contributed by atoms with Crippen LogP contribution in [-0.2, 0) is 10.0 Å². The van der Waals surface area contributed by atoms with Gasteiger partial charge in [0.2, 0.25) is 10.0 Å². The molecule has 2 amide bonds. The van der Waals surface area contributed by atoms with Gasteiger partial charge in [0.1, 0.15) is 0 Å². The van der Waals surface area contributed by atoms with Crippen LogP contribution in [0.5, 0.6) is 0 Å². The molecular formula is C17H25N3O3S. The van der Waals surface area contributed by atoms with Gasteiger partial charge >= 0.3 is 6.03 Å². The first-order valence-corrected chi connectivity index (χ1v) is 10.0. The van der Waals surface area contributed by atoms with Gasteiger partial charge in [-0.1, -0.05) is 17.7 Å². The number of benzene rings is 1. The summed E-state index contributed by atoms with van der Waals surface area (Å²) in [5.41, 5.74) is 1.03. The molecule has 6 nitrogen and oxygen atoms in total. The summed E-state index contributed by atoms with van der Waals surface area (Å²) in [6.45, 7) is 5.20. The number of amides is 2. The van der Waals surface area contributed by atoms with Crippen molar-refractivity contribution in [2.45, 2.75) is 31.1 Å². The number of piperazine rings is 1. The van der Waals surface area contributed by atoms with E-state index in [0.29, 0.717) is 31.1 Å². The number of carbonyl (C=O) groups excluding carboxylic acids is 1. The van der Waals surface area contributed by atoms with E-state index in [4.69, 9.17) is 0 Å². The second kappa shape index (κ2) is 7.11. The van der Waals surface area contributed by atoms with Crippen LogP contribution in [0.3, 0.4) is 0 Å². The topological polar surface area (TPSA) is 60.9 Å². The number of sulfonamides is 1. The highest BCUT2D eigenvalue weighted by Gasteiger charge is 2.31. The molecule has 0 spiro atoms. The molecule has 0 radical (unpaired) electrons. The molecule has 2 aliphatic heterocycles. The number of piperidine rings is 1. The lowest BCUT2D eigenvalue weighted by atomic mass is 10.1. The Bertz CT molecular complexity index is 674. The van der Waals surface area contributed by atoms with Crippen molar-refractivity contribution in [1.82, 2.24) is 14.1 Å². The van der Waals surface area contributed by atoms with Gasteiger partial charge in [-0.25, -0.2) is 13.2 Å². The van der Waals surface area contributed by atoms with Crippen LogP contribution in [0.2, 0.25) is 0 Å². The number of likely N-dealkylation sites (tertiary alicyclic amines) is 1. The fraction of sp³-hybridized carbons (Fsp3) is 0.588. The van der Waals surface area contributed by atoms with Crippen molar-refractivity contribution < 1.29 is 13.2 Å². The lowest BCUT2D eigenvalue weighted by Gasteiger charge is -2.38.